The first-order valence-corrected chi connectivity index (χ1v) is 10.3. The van der Waals surface area contributed by atoms with Crippen LogP contribution < -0.4 is 0 Å². The molecule has 156 valence electrons. The van der Waals surface area contributed by atoms with Gasteiger partial charge in [-0.05, 0) is 51.2 Å². The molecule has 0 bridgehead atoms. The van der Waals surface area contributed by atoms with E-state index >= 15 is 0 Å². The Morgan fingerprint density at radius 3 is 2.83 bits per heavy atom. The Labute approximate surface area is 172 Å². The Kier molecular flexibility index (Phi) is 4.60. The zero-order valence-electron chi connectivity index (χ0n) is 16.7. The molecule has 0 radical (unpaired) electrons. The third-order valence-electron chi connectivity index (χ3n) is 5.97. The lowest BCUT2D eigenvalue weighted by Crippen LogP contribution is -2.40. The first kappa shape index (κ1) is 18.9. The first-order chi connectivity index (χ1) is 14.5. The average molecular weight is 412 g/mol. The maximum atomic E-state index is 13.8. The largest absolute Gasteiger partial charge is 0.337 e. The minimum atomic E-state index is -0.928. The topological polar surface area (TPSA) is 79.7 Å². The van der Waals surface area contributed by atoms with Gasteiger partial charge in [-0.3, -0.25) is 9.89 Å². The van der Waals surface area contributed by atoms with E-state index in [-0.39, 0.29) is 11.8 Å². The Morgan fingerprint density at radius 2 is 2.07 bits per heavy atom. The minimum absolute atomic E-state index is 0.0916. The number of likely N-dealkylation sites (tertiary alicyclic amines) is 1. The van der Waals surface area contributed by atoms with Crippen LogP contribution in [0.25, 0.3) is 5.69 Å². The number of nitrogens with one attached hydrogen (secondary N) is 1. The molecule has 1 fully saturated rings. The predicted molar refractivity (Wildman–Crippen MR) is 105 cm³/mol. The number of piperidine rings is 1. The van der Waals surface area contributed by atoms with Crippen molar-refractivity contribution in [2.24, 2.45) is 0 Å². The summed E-state index contributed by atoms with van der Waals surface area (Å²) in [4.78, 5) is 19.6. The molecule has 3 aromatic rings. The van der Waals surface area contributed by atoms with Crippen molar-refractivity contribution in [3.05, 3.63) is 58.4 Å². The van der Waals surface area contributed by atoms with Crippen LogP contribution in [-0.2, 0) is 12.8 Å². The SMILES string of the molecule is Cc1nc(C2CCCN(C(=O)c3nn(-c4ccc(F)c(F)c4)c4c3CCC4)C2)n[nH]1. The van der Waals surface area contributed by atoms with E-state index in [1.165, 1.54) is 6.07 Å². The van der Waals surface area contributed by atoms with Crippen molar-refractivity contribution in [3.63, 3.8) is 0 Å². The van der Waals surface area contributed by atoms with Crippen molar-refractivity contribution < 1.29 is 13.6 Å². The third-order valence-corrected chi connectivity index (χ3v) is 5.97. The van der Waals surface area contributed by atoms with Gasteiger partial charge in [0.25, 0.3) is 5.91 Å². The molecule has 3 heterocycles. The van der Waals surface area contributed by atoms with Gasteiger partial charge >= 0.3 is 0 Å². The predicted octanol–water partition coefficient (Wildman–Crippen LogP) is 3.09. The number of aromatic nitrogens is 5. The first-order valence-electron chi connectivity index (χ1n) is 10.3. The molecule has 7 nitrogen and oxygen atoms in total. The van der Waals surface area contributed by atoms with Gasteiger partial charge in [0.2, 0.25) is 0 Å². The maximum Gasteiger partial charge on any atom is 0.274 e. The Hall–Kier alpha value is -3.10. The Bertz CT molecular complexity index is 1120. The number of hydrogen-bond donors (Lipinski definition) is 1. The lowest BCUT2D eigenvalue weighted by atomic mass is 9.97. The number of H-pyrrole nitrogens is 1. The highest BCUT2D eigenvalue weighted by atomic mass is 19.2. The number of rotatable bonds is 3. The van der Waals surface area contributed by atoms with Crippen molar-refractivity contribution in [1.82, 2.24) is 29.9 Å². The molecule has 1 saturated heterocycles. The summed E-state index contributed by atoms with van der Waals surface area (Å²) in [6, 6.07) is 3.70. The van der Waals surface area contributed by atoms with Gasteiger partial charge in [-0.1, -0.05) is 0 Å². The summed E-state index contributed by atoms with van der Waals surface area (Å²) in [6.07, 6.45) is 4.24. The molecular formula is C21H22F2N6O. The van der Waals surface area contributed by atoms with E-state index in [4.69, 9.17) is 0 Å². The Balaban J connectivity index is 1.45. The van der Waals surface area contributed by atoms with Crippen LogP contribution in [0.15, 0.2) is 18.2 Å². The molecule has 0 saturated carbocycles. The highest BCUT2D eigenvalue weighted by molar-refractivity contribution is 5.94. The summed E-state index contributed by atoms with van der Waals surface area (Å²) in [5, 5.41) is 11.7. The standard InChI is InChI=1S/C21H22F2N6O/c1-12-24-20(26-25-12)13-4-3-9-28(11-13)21(30)19-15-5-2-6-18(15)29(27-19)14-7-8-16(22)17(23)10-14/h7-8,10,13H,2-6,9,11H2,1H3,(H,24,25,26). The fourth-order valence-electron chi connectivity index (χ4n) is 4.50. The molecule has 2 aliphatic rings. The monoisotopic (exact) mass is 412 g/mol. The van der Waals surface area contributed by atoms with Crippen LogP contribution in [0.5, 0.6) is 0 Å². The van der Waals surface area contributed by atoms with Gasteiger partial charge in [0.05, 0.1) is 5.69 Å². The van der Waals surface area contributed by atoms with Crippen LogP contribution in [0.1, 0.15) is 58.6 Å². The molecule has 1 aliphatic heterocycles. The van der Waals surface area contributed by atoms with Gasteiger partial charge in [-0.15, -0.1) is 0 Å². The van der Waals surface area contributed by atoms with Crippen molar-refractivity contribution in [3.8, 4) is 5.69 Å². The number of nitrogens with zero attached hydrogens (tertiary/aromatic N) is 5. The maximum absolute atomic E-state index is 13.8. The second-order valence-electron chi connectivity index (χ2n) is 8.01. The van der Waals surface area contributed by atoms with Gasteiger partial charge < -0.3 is 4.90 Å². The highest BCUT2D eigenvalue weighted by Crippen LogP contribution is 2.31. The summed E-state index contributed by atoms with van der Waals surface area (Å²) in [7, 11) is 0. The van der Waals surface area contributed by atoms with Gasteiger partial charge in [-0.25, -0.2) is 18.4 Å². The number of benzene rings is 1. The zero-order chi connectivity index (χ0) is 20.8. The average Bonchev–Trinajstić information content (AvgIpc) is 3.46. The molecule has 1 aromatic carbocycles. The highest BCUT2D eigenvalue weighted by Gasteiger charge is 2.33. The number of carbonyl (C=O) groups is 1. The molecule has 1 aliphatic carbocycles. The van der Waals surface area contributed by atoms with Crippen molar-refractivity contribution in [1.29, 1.82) is 0 Å². The molecule has 1 atom stereocenters. The number of fused-ring (bicyclic) bond motifs is 1. The smallest absolute Gasteiger partial charge is 0.274 e. The number of carbonyl (C=O) groups excluding carboxylic acids is 1. The van der Waals surface area contributed by atoms with Crippen LogP contribution in [0.2, 0.25) is 0 Å². The minimum Gasteiger partial charge on any atom is -0.337 e. The number of halogens is 2. The second-order valence-corrected chi connectivity index (χ2v) is 8.01. The van der Waals surface area contributed by atoms with Gasteiger partial charge in [0, 0.05) is 36.3 Å². The normalized spacial score (nSPS) is 18.6. The van der Waals surface area contributed by atoms with Gasteiger partial charge in [-0.2, -0.15) is 10.2 Å². The second kappa shape index (κ2) is 7.30. The van der Waals surface area contributed by atoms with E-state index in [1.807, 2.05) is 11.8 Å². The molecule has 1 amide bonds. The number of amides is 1. The molecule has 0 spiro atoms. The van der Waals surface area contributed by atoms with Crippen LogP contribution in [0.3, 0.4) is 0 Å². The molecule has 1 unspecified atom stereocenters. The molecule has 9 heteroatoms. The van der Waals surface area contributed by atoms with Crippen molar-refractivity contribution in [2.75, 3.05) is 13.1 Å². The number of aryl methyl sites for hydroxylation is 1. The molecule has 5 rings (SSSR count). The van der Waals surface area contributed by atoms with Crippen molar-refractivity contribution >= 4 is 5.91 Å². The Morgan fingerprint density at radius 1 is 1.20 bits per heavy atom. The van der Waals surface area contributed by atoms with Crippen molar-refractivity contribution in [2.45, 2.75) is 44.9 Å². The van der Waals surface area contributed by atoms with Gasteiger partial charge in [0.15, 0.2) is 23.2 Å². The summed E-state index contributed by atoms with van der Waals surface area (Å²) in [5.74, 6) is -0.358. The summed E-state index contributed by atoms with van der Waals surface area (Å²) in [6.45, 7) is 3.06. The van der Waals surface area contributed by atoms with Crippen LogP contribution >= 0.6 is 0 Å². The van der Waals surface area contributed by atoms with E-state index in [2.05, 4.69) is 20.3 Å². The zero-order valence-corrected chi connectivity index (χ0v) is 16.7. The van der Waals surface area contributed by atoms with Crippen LogP contribution in [-0.4, -0.2) is 48.9 Å². The van der Waals surface area contributed by atoms with E-state index < -0.39 is 11.6 Å². The number of aromatic amines is 1. The fourth-order valence-corrected chi connectivity index (χ4v) is 4.50. The molecule has 30 heavy (non-hydrogen) atoms. The third kappa shape index (κ3) is 3.18. The summed E-state index contributed by atoms with van der Waals surface area (Å²) < 4.78 is 28.7. The van der Waals surface area contributed by atoms with Crippen LogP contribution in [0, 0.1) is 18.6 Å². The summed E-state index contributed by atoms with van der Waals surface area (Å²) in [5.41, 5.74) is 2.67. The van der Waals surface area contributed by atoms with E-state index in [1.54, 1.807) is 4.68 Å². The van der Waals surface area contributed by atoms with E-state index in [9.17, 15) is 13.6 Å². The fraction of sp³-hybridized carbons (Fsp3) is 0.429. The lowest BCUT2D eigenvalue weighted by molar-refractivity contribution is 0.0697. The van der Waals surface area contributed by atoms with E-state index in [0.717, 1.165) is 67.1 Å². The lowest BCUT2D eigenvalue weighted by Gasteiger charge is -2.31. The molecule has 1 N–H and O–H groups in total. The quantitative estimate of drug-likeness (QED) is 0.717. The summed E-state index contributed by atoms with van der Waals surface area (Å²) >= 11 is 0. The van der Waals surface area contributed by atoms with E-state index in [0.29, 0.717) is 24.5 Å². The number of hydrogen-bond acceptors (Lipinski definition) is 4. The molecular weight excluding hydrogens is 390 g/mol. The molecule has 2 aromatic heterocycles. The van der Waals surface area contributed by atoms with Gasteiger partial charge in [0.1, 0.15) is 5.82 Å². The van der Waals surface area contributed by atoms with Crippen LogP contribution in [0.4, 0.5) is 8.78 Å².